The Bertz CT molecular complexity index is 400. The van der Waals surface area contributed by atoms with Gasteiger partial charge in [0.25, 0.3) is 0 Å². The number of phenolic OH excluding ortho intramolecular Hbond substituents is 1. The lowest BCUT2D eigenvalue weighted by atomic mass is 9.93. The van der Waals surface area contributed by atoms with Gasteiger partial charge in [-0.1, -0.05) is 31.7 Å². The van der Waals surface area contributed by atoms with Gasteiger partial charge < -0.3 is 10.4 Å². The van der Waals surface area contributed by atoms with E-state index in [0.717, 1.165) is 16.9 Å². The highest BCUT2D eigenvalue weighted by Crippen LogP contribution is 2.26. The fourth-order valence-electron chi connectivity index (χ4n) is 2.92. The molecule has 0 heterocycles. The summed E-state index contributed by atoms with van der Waals surface area (Å²) in [4.78, 5) is 0. The summed E-state index contributed by atoms with van der Waals surface area (Å²) in [6.07, 6.45) is 8.34. The summed E-state index contributed by atoms with van der Waals surface area (Å²) in [7, 11) is 0. The first-order valence-electron chi connectivity index (χ1n) is 7.37. The van der Waals surface area contributed by atoms with Gasteiger partial charge in [-0.25, -0.2) is 0 Å². The van der Waals surface area contributed by atoms with Gasteiger partial charge in [0.05, 0.1) is 4.47 Å². The maximum atomic E-state index is 9.49. The third-order valence-electron chi connectivity index (χ3n) is 4.25. The Morgan fingerprint density at radius 2 is 1.95 bits per heavy atom. The molecule has 106 valence electrons. The molecule has 0 unspecified atom stereocenters. The summed E-state index contributed by atoms with van der Waals surface area (Å²) in [6.45, 7) is 3.18. The van der Waals surface area contributed by atoms with E-state index in [0.29, 0.717) is 11.8 Å². The van der Waals surface area contributed by atoms with Gasteiger partial charge in [0, 0.05) is 12.6 Å². The van der Waals surface area contributed by atoms with Crippen molar-refractivity contribution >= 4 is 15.9 Å². The van der Waals surface area contributed by atoms with E-state index in [4.69, 9.17) is 0 Å². The molecule has 1 saturated carbocycles. The maximum Gasteiger partial charge on any atom is 0.129 e. The molecule has 0 radical (unpaired) electrons. The van der Waals surface area contributed by atoms with Crippen molar-refractivity contribution in [2.24, 2.45) is 5.92 Å². The molecule has 1 aromatic rings. The molecule has 1 atom stereocenters. The van der Waals surface area contributed by atoms with Gasteiger partial charge in [-0.3, -0.25) is 0 Å². The van der Waals surface area contributed by atoms with Gasteiger partial charge in [0.15, 0.2) is 0 Å². The fraction of sp³-hybridized carbons (Fsp3) is 0.625. The monoisotopic (exact) mass is 325 g/mol. The number of rotatable bonds is 4. The topological polar surface area (TPSA) is 32.3 Å². The van der Waals surface area contributed by atoms with Crippen LogP contribution in [0.3, 0.4) is 0 Å². The van der Waals surface area contributed by atoms with Crippen LogP contribution in [0.15, 0.2) is 22.7 Å². The van der Waals surface area contributed by atoms with Crippen LogP contribution in [0.5, 0.6) is 5.75 Å². The lowest BCUT2D eigenvalue weighted by Crippen LogP contribution is -2.32. The highest BCUT2D eigenvalue weighted by Gasteiger charge is 2.18. The molecule has 2 nitrogen and oxygen atoms in total. The minimum atomic E-state index is 0.306. The minimum absolute atomic E-state index is 0.306. The second kappa shape index (κ2) is 7.30. The van der Waals surface area contributed by atoms with Gasteiger partial charge in [-0.05, 0) is 59.3 Å². The predicted molar refractivity (Wildman–Crippen MR) is 83.3 cm³/mol. The van der Waals surface area contributed by atoms with Crippen molar-refractivity contribution in [2.45, 2.75) is 58.0 Å². The molecule has 0 bridgehead atoms. The molecule has 1 fully saturated rings. The summed E-state index contributed by atoms with van der Waals surface area (Å²) < 4.78 is 0.772. The van der Waals surface area contributed by atoms with Crippen LogP contribution in [-0.2, 0) is 6.54 Å². The van der Waals surface area contributed by atoms with Crippen LogP contribution < -0.4 is 5.32 Å². The summed E-state index contributed by atoms with van der Waals surface area (Å²) in [5.41, 5.74) is 1.21. The van der Waals surface area contributed by atoms with E-state index >= 15 is 0 Å². The summed E-state index contributed by atoms with van der Waals surface area (Å²) in [5.74, 6) is 1.13. The van der Waals surface area contributed by atoms with Gasteiger partial charge in [-0.2, -0.15) is 0 Å². The number of nitrogens with one attached hydrogen (secondary N) is 1. The standard InChI is InChI=1S/C16H24BrNO/c1-12(14-6-4-2-3-5-7-14)18-11-13-8-9-16(19)15(17)10-13/h8-10,12,14,18-19H,2-7,11H2,1H3/t12-/m0/s1. The van der Waals surface area contributed by atoms with Crippen molar-refractivity contribution in [1.29, 1.82) is 0 Å². The van der Waals surface area contributed by atoms with Gasteiger partial charge in [0.2, 0.25) is 0 Å². The van der Waals surface area contributed by atoms with Crippen LogP contribution >= 0.6 is 15.9 Å². The first kappa shape index (κ1) is 14.9. The molecule has 1 aliphatic rings. The molecule has 2 rings (SSSR count). The van der Waals surface area contributed by atoms with Crippen LogP contribution in [0.25, 0.3) is 0 Å². The number of hydrogen-bond donors (Lipinski definition) is 2. The number of halogens is 1. The molecule has 3 heteroatoms. The van der Waals surface area contributed by atoms with Crippen LogP contribution in [-0.4, -0.2) is 11.1 Å². The largest absolute Gasteiger partial charge is 0.507 e. The highest BCUT2D eigenvalue weighted by molar-refractivity contribution is 9.10. The zero-order valence-electron chi connectivity index (χ0n) is 11.7. The molecular formula is C16H24BrNO. The van der Waals surface area contributed by atoms with Crippen LogP contribution in [0, 0.1) is 5.92 Å². The molecule has 1 aromatic carbocycles. The number of aromatic hydroxyl groups is 1. The normalized spacial score (nSPS) is 19.1. The number of hydrogen-bond acceptors (Lipinski definition) is 2. The Balaban J connectivity index is 1.84. The van der Waals surface area contributed by atoms with Crippen LogP contribution in [0.1, 0.15) is 51.0 Å². The summed E-state index contributed by atoms with van der Waals surface area (Å²) in [5, 5.41) is 13.1. The van der Waals surface area contributed by atoms with Crippen molar-refractivity contribution in [3.63, 3.8) is 0 Å². The molecule has 2 N–H and O–H groups in total. The second-order valence-corrected chi connectivity index (χ2v) is 6.56. The third-order valence-corrected chi connectivity index (χ3v) is 4.88. The van der Waals surface area contributed by atoms with E-state index in [2.05, 4.69) is 28.2 Å². The molecule has 19 heavy (non-hydrogen) atoms. The third kappa shape index (κ3) is 4.50. The van der Waals surface area contributed by atoms with Gasteiger partial charge >= 0.3 is 0 Å². The molecule has 0 spiro atoms. The molecule has 0 aliphatic heterocycles. The van der Waals surface area contributed by atoms with Crippen LogP contribution in [0.4, 0.5) is 0 Å². The van der Waals surface area contributed by atoms with E-state index in [-0.39, 0.29) is 0 Å². The highest BCUT2D eigenvalue weighted by atomic mass is 79.9. The average molecular weight is 326 g/mol. The lowest BCUT2D eigenvalue weighted by molar-refractivity contribution is 0.336. The Labute approximate surface area is 124 Å². The van der Waals surface area contributed by atoms with E-state index in [9.17, 15) is 5.11 Å². The Morgan fingerprint density at radius 3 is 2.58 bits per heavy atom. The minimum Gasteiger partial charge on any atom is -0.507 e. The Kier molecular flexibility index (Phi) is 5.71. The van der Waals surface area contributed by atoms with E-state index in [1.54, 1.807) is 6.07 Å². The van der Waals surface area contributed by atoms with E-state index in [1.807, 2.05) is 12.1 Å². The van der Waals surface area contributed by atoms with Gasteiger partial charge in [-0.15, -0.1) is 0 Å². The smallest absolute Gasteiger partial charge is 0.129 e. The van der Waals surface area contributed by atoms with Crippen molar-refractivity contribution in [3.8, 4) is 5.75 Å². The number of benzene rings is 1. The van der Waals surface area contributed by atoms with E-state index in [1.165, 1.54) is 44.1 Å². The molecule has 0 aromatic heterocycles. The Morgan fingerprint density at radius 1 is 1.26 bits per heavy atom. The van der Waals surface area contributed by atoms with Gasteiger partial charge in [0.1, 0.15) is 5.75 Å². The molecule has 0 amide bonds. The Hall–Kier alpha value is -0.540. The summed E-state index contributed by atoms with van der Waals surface area (Å²) >= 11 is 3.36. The fourth-order valence-corrected chi connectivity index (χ4v) is 3.34. The first-order chi connectivity index (χ1) is 9.16. The van der Waals surface area contributed by atoms with Crippen LogP contribution in [0.2, 0.25) is 0 Å². The number of phenols is 1. The lowest BCUT2D eigenvalue weighted by Gasteiger charge is -2.23. The SMILES string of the molecule is C[C@H](NCc1ccc(O)c(Br)c1)C1CCCCCC1. The van der Waals surface area contributed by atoms with E-state index < -0.39 is 0 Å². The van der Waals surface area contributed by atoms with Crippen molar-refractivity contribution in [3.05, 3.63) is 28.2 Å². The zero-order valence-corrected chi connectivity index (χ0v) is 13.2. The molecule has 0 saturated heterocycles. The molecule has 1 aliphatic carbocycles. The predicted octanol–water partition coefficient (Wildman–Crippen LogP) is 4.60. The quantitative estimate of drug-likeness (QED) is 0.793. The molecular weight excluding hydrogens is 302 g/mol. The van der Waals surface area contributed by atoms with Crippen molar-refractivity contribution in [1.82, 2.24) is 5.32 Å². The zero-order chi connectivity index (χ0) is 13.7. The summed E-state index contributed by atoms with van der Waals surface area (Å²) in [6, 6.07) is 6.29. The van der Waals surface area contributed by atoms with Crippen molar-refractivity contribution < 1.29 is 5.11 Å². The second-order valence-electron chi connectivity index (χ2n) is 5.71. The average Bonchev–Trinajstić information content (AvgIpc) is 2.69. The maximum absolute atomic E-state index is 9.49. The van der Waals surface area contributed by atoms with Crippen molar-refractivity contribution in [2.75, 3.05) is 0 Å². The first-order valence-corrected chi connectivity index (χ1v) is 8.17.